The third-order valence-corrected chi connectivity index (χ3v) is 2.12. The van der Waals surface area contributed by atoms with Gasteiger partial charge in [-0.1, -0.05) is 24.8 Å². The second-order valence-electron chi connectivity index (χ2n) is 3.28. The van der Waals surface area contributed by atoms with Crippen LogP contribution in [-0.2, 0) is 6.18 Å². The van der Waals surface area contributed by atoms with Crippen molar-refractivity contribution < 1.29 is 18.3 Å². The molecule has 0 atom stereocenters. The summed E-state index contributed by atoms with van der Waals surface area (Å²) >= 11 is 0. The Morgan fingerprint density at radius 1 is 1.25 bits per heavy atom. The van der Waals surface area contributed by atoms with Crippen LogP contribution in [0.1, 0.15) is 18.1 Å². The van der Waals surface area contributed by atoms with E-state index in [1.807, 2.05) is 0 Å². The van der Waals surface area contributed by atoms with Gasteiger partial charge in [0.2, 0.25) is 0 Å². The molecule has 86 valence electrons. The van der Waals surface area contributed by atoms with E-state index in [1.54, 1.807) is 0 Å². The zero-order valence-electron chi connectivity index (χ0n) is 8.67. The summed E-state index contributed by atoms with van der Waals surface area (Å²) in [6.45, 7) is 4.94. The first-order chi connectivity index (χ1) is 7.36. The van der Waals surface area contributed by atoms with Crippen molar-refractivity contribution in [1.29, 1.82) is 0 Å². The summed E-state index contributed by atoms with van der Waals surface area (Å²) in [5.41, 5.74) is 0.215. The highest BCUT2D eigenvalue weighted by Crippen LogP contribution is 2.30. The fraction of sp³-hybridized carbons (Fsp3) is 0.167. The Kier molecular flexibility index (Phi) is 3.42. The maximum Gasteiger partial charge on any atom is 0.416 e. The number of benzene rings is 1. The van der Waals surface area contributed by atoms with E-state index in [-0.39, 0.29) is 5.76 Å². The van der Waals surface area contributed by atoms with Gasteiger partial charge in [0.05, 0.1) is 11.3 Å². The highest BCUT2D eigenvalue weighted by atomic mass is 19.4. The first-order valence-corrected chi connectivity index (χ1v) is 4.56. The van der Waals surface area contributed by atoms with E-state index in [0.717, 1.165) is 12.1 Å². The molecule has 1 nitrogen and oxygen atoms in total. The SMILES string of the molecule is C=C/C(=C(\C)O)c1ccc(C(F)(F)F)cc1. The van der Waals surface area contributed by atoms with Crippen LogP contribution in [0.4, 0.5) is 13.2 Å². The van der Waals surface area contributed by atoms with Crippen molar-refractivity contribution in [3.05, 3.63) is 53.8 Å². The van der Waals surface area contributed by atoms with Gasteiger partial charge in [0.1, 0.15) is 0 Å². The number of hydrogen-bond acceptors (Lipinski definition) is 1. The average molecular weight is 228 g/mol. The Hall–Kier alpha value is -1.71. The maximum absolute atomic E-state index is 12.3. The molecule has 0 bridgehead atoms. The third-order valence-electron chi connectivity index (χ3n) is 2.12. The molecule has 1 N–H and O–H groups in total. The molecule has 0 radical (unpaired) electrons. The lowest BCUT2D eigenvalue weighted by atomic mass is 10.0. The summed E-state index contributed by atoms with van der Waals surface area (Å²) in [6, 6.07) is 4.56. The second kappa shape index (κ2) is 4.43. The summed E-state index contributed by atoms with van der Waals surface area (Å²) in [7, 11) is 0. The molecule has 0 unspecified atom stereocenters. The van der Waals surface area contributed by atoms with Gasteiger partial charge in [-0.2, -0.15) is 13.2 Å². The predicted molar refractivity (Wildman–Crippen MR) is 56.9 cm³/mol. The summed E-state index contributed by atoms with van der Waals surface area (Å²) in [5, 5.41) is 9.28. The molecule has 0 fully saturated rings. The highest BCUT2D eigenvalue weighted by Gasteiger charge is 2.29. The molecule has 0 aromatic heterocycles. The van der Waals surface area contributed by atoms with E-state index in [0.29, 0.717) is 11.1 Å². The van der Waals surface area contributed by atoms with Crippen LogP contribution < -0.4 is 0 Å². The molecule has 0 aliphatic carbocycles. The summed E-state index contributed by atoms with van der Waals surface area (Å²) in [6.07, 6.45) is -2.94. The summed E-state index contributed by atoms with van der Waals surface area (Å²) in [4.78, 5) is 0. The highest BCUT2D eigenvalue weighted by molar-refractivity contribution is 5.74. The van der Waals surface area contributed by atoms with Gasteiger partial charge in [-0.25, -0.2) is 0 Å². The van der Waals surface area contributed by atoms with E-state index in [4.69, 9.17) is 0 Å². The maximum atomic E-state index is 12.3. The van der Waals surface area contributed by atoms with Crippen molar-refractivity contribution in [2.75, 3.05) is 0 Å². The van der Waals surface area contributed by atoms with Gasteiger partial charge in [0.25, 0.3) is 0 Å². The molecular formula is C12H11F3O. The normalized spacial score (nSPS) is 13.2. The van der Waals surface area contributed by atoms with Gasteiger partial charge < -0.3 is 5.11 Å². The first-order valence-electron chi connectivity index (χ1n) is 4.56. The van der Waals surface area contributed by atoms with Crippen LogP contribution in [0.25, 0.3) is 5.57 Å². The molecule has 0 heterocycles. The largest absolute Gasteiger partial charge is 0.512 e. The number of halogens is 3. The Morgan fingerprint density at radius 2 is 1.75 bits per heavy atom. The smallest absolute Gasteiger partial charge is 0.416 e. The van der Waals surface area contributed by atoms with Crippen molar-refractivity contribution in [3.8, 4) is 0 Å². The standard InChI is InChI=1S/C12H11F3O/c1-3-11(8(2)16)9-4-6-10(7-5-9)12(13,14)15/h3-7,16H,1H2,2H3/b11-8-. The van der Waals surface area contributed by atoms with Crippen LogP contribution in [0.3, 0.4) is 0 Å². The first kappa shape index (κ1) is 12.4. The van der Waals surface area contributed by atoms with E-state index in [2.05, 4.69) is 6.58 Å². The molecule has 0 spiro atoms. The zero-order valence-corrected chi connectivity index (χ0v) is 8.67. The average Bonchev–Trinajstić information content (AvgIpc) is 2.17. The van der Waals surface area contributed by atoms with Crippen molar-refractivity contribution in [3.63, 3.8) is 0 Å². The fourth-order valence-electron chi connectivity index (χ4n) is 1.31. The van der Waals surface area contributed by atoms with Crippen molar-refractivity contribution in [2.24, 2.45) is 0 Å². The number of hydrogen-bond donors (Lipinski definition) is 1. The molecular weight excluding hydrogens is 217 g/mol. The Morgan fingerprint density at radius 3 is 2.06 bits per heavy atom. The van der Waals surface area contributed by atoms with E-state index in [9.17, 15) is 18.3 Å². The molecule has 0 saturated carbocycles. The number of allylic oxidation sites excluding steroid dienone is 3. The number of alkyl halides is 3. The van der Waals surface area contributed by atoms with E-state index < -0.39 is 11.7 Å². The molecule has 16 heavy (non-hydrogen) atoms. The molecule has 0 aliphatic rings. The van der Waals surface area contributed by atoms with Gasteiger partial charge in [0.15, 0.2) is 0 Å². The molecule has 1 rings (SSSR count). The van der Waals surface area contributed by atoms with Gasteiger partial charge in [-0.3, -0.25) is 0 Å². The lowest BCUT2D eigenvalue weighted by Gasteiger charge is -2.08. The number of aliphatic hydroxyl groups is 1. The van der Waals surface area contributed by atoms with Crippen LogP contribution in [-0.4, -0.2) is 5.11 Å². The minimum Gasteiger partial charge on any atom is -0.512 e. The quantitative estimate of drug-likeness (QED) is 0.594. The fourth-order valence-corrected chi connectivity index (χ4v) is 1.31. The van der Waals surface area contributed by atoms with E-state index in [1.165, 1.54) is 25.1 Å². The van der Waals surface area contributed by atoms with Crippen LogP contribution >= 0.6 is 0 Å². The lowest BCUT2D eigenvalue weighted by molar-refractivity contribution is -0.137. The molecule has 0 amide bonds. The number of aliphatic hydroxyl groups excluding tert-OH is 1. The summed E-state index contributed by atoms with van der Waals surface area (Å²) in [5.74, 6) is 0.0229. The second-order valence-corrected chi connectivity index (χ2v) is 3.28. The predicted octanol–water partition coefficient (Wildman–Crippen LogP) is 4.18. The van der Waals surface area contributed by atoms with Crippen molar-refractivity contribution >= 4 is 5.57 Å². The molecule has 0 saturated heterocycles. The van der Waals surface area contributed by atoms with Gasteiger partial charge in [-0.15, -0.1) is 0 Å². The van der Waals surface area contributed by atoms with Gasteiger partial charge >= 0.3 is 6.18 Å². The van der Waals surface area contributed by atoms with Crippen LogP contribution in [0.5, 0.6) is 0 Å². The Labute approximate surface area is 91.5 Å². The lowest BCUT2D eigenvalue weighted by Crippen LogP contribution is -2.04. The molecule has 4 heteroatoms. The van der Waals surface area contributed by atoms with Crippen LogP contribution in [0, 0.1) is 0 Å². The zero-order chi connectivity index (χ0) is 12.3. The van der Waals surface area contributed by atoms with Crippen molar-refractivity contribution in [2.45, 2.75) is 13.1 Å². The topological polar surface area (TPSA) is 20.2 Å². The number of rotatable bonds is 2. The van der Waals surface area contributed by atoms with Crippen molar-refractivity contribution in [1.82, 2.24) is 0 Å². The molecule has 0 aliphatic heterocycles. The third kappa shape index (κ3) is 2.66. The Bertz CT molecular complexity index is 409. The van der Waals surface area contributed by atoms with E-state index >= 15 is 0 Å². The monoisotopic (exact) mass is 228 g/mol. The van der Waals surface area contributed by atoms with Crippen LogP contribution in [0.15, 0.2) is 42.7 Å². The molecule has 1 aromatic rings. The minimum atomic E-state index is -4.34. The Balaban J connectivity index is 3.14. The van der Waals surface area contributed by atoms with Crippen LogP contribution in [0.2, 0.25) is 0 Å². The minimum absolute atomic E-state index is 0.0229. The van der Waals surface area contributed by atoms with Gasteiger partial charge in [0, 0.05) is 5.57 Å². The van der Waals surface area contributed by atoms with Gasteiger partial charge in [-0.05, 0) is 24.6 Å². The molecule has 1 aromatic carbocycles. The summed E-state index contributed by atoms with van der Waals surface area (Å²) < 4.78 is 36.8.